The zero-order chi connectivity index (χ0) is 14.6. The number of nitrogens with one attached hydrogen (secondary N) is 2. The minimum absolute atomic E-state index is 0.0419. The fraction of sp³-hybridized carbons (Fsp3) is 0.364. The molecule has 0 atom stereocenters. The fourth-order valence-corrected chi connectivity index (χ4v) is 2.06. The zero-order valence-corrected chi connectivity index (χ0v) is 11.9. The third-order valence-corrected chi connectivity index (χ3v) is 3.94. The maximum Gasteiger partial charge on any atom is 0.241 e. The van der Waals surface area contributed by atoms with Gasteiger partial charge in [0, 0.05) is 14.1 Å². The molecule has 0 aliphatic rings. The Morgan fingerprint density at radius 2 is 2.00 bits per heavy atom. The molecule has 1 aromatic carbocycles. The Hall–Kier alpha value is -1.80. The van der Waals surface area contributed by atoms with Gasteiger partial charge in [0.05, 0.1) is 22.8 Å². The second-order valence-corrected chi connectivity index (χ2v) is 5.98. The van der Waals surface area contributed by atoms with E-state index in [0.717, 1.165) is 0 Å². The summed E-state index contributed by atoms with van der Waals surface area (Å²) in [6.07, 6.45) is 0. The molecule has 19 heavy (non-hydrogen) atoms. The number of rotatable bonds is 5. The lowest BCUT2D eigenvalue weighted by molar-refractivity contribution is -0.126. The summed E-state index contributed by atoms with van der Waals surface area (Å²) in [6.45, 7) is 0.0419. The van der Waals surface area contributed by atoms with Crippen LogP contribution in [0.5, 0.6) is 0 Å². The number of hydrogen-bond acceptors (Lipinski definition) is 5. The second kappa shape index (κ2) is 5.89. The van der Waals surface area contributed by atoms with Gasteiger partial charge in [0.25, 0.3) is 0 Å². The van der Waals surface area contributed by atoms with Crippen LogP contribution in [0.2, 0.25) is 0 Å². The van der Waals surface area contributed by atoms with Crippen molar-refractivity contribution in [2.45, 2.75) is 4.90 Å². The number of likely N-dealkylation sites (N-methyl/N-ethyl adjacent to an activating group) is 1. The normalized spacial score (nSPS) is 11.1. The van der Waals surface area contributed by atoms with E-state index in [9.17, 15) is 13.2 Å². The third-order valence-electron chi connectivity index (χ3n) is 2.53. The molecular formula is C11H18N4O3S. The van der Waals surface area contributed by atoms with Crippen molar-refractivity contribution in [3.05, 3.63) is 18.2 Å². The monoisotopic (exact) mass is 286 g/mol. The van der Waals surface area contributed by atoms with Crippen LogP contribution in [0.3, 0.4) is 0 Å². The average molecular weight is 286 g/mol. The van der Waals surface area contributed by atoms with Crippen molar-refractivity contribution in [1.82, 2.24) is 9.62 Å². The molecule has 1 rings (SSSR count). The van der Waals surface area contributed by atoms with Gasteiger partial charge in [-0.1, -0.05) is 0 Å². The van der Waals surface area contributed by atoms with Gasteiger partial charge in [-0.05, 0) is 25.2 Å². The van der Waals surface area contributed by atoms with E-state index >= 15 is 0 Å². The smallest absolute Gasteiger partial charge is 0.241 e. The minimum atomic E-state index is -3.53. The van der Waals surface area contributed by atoms with Gasteiger partial charge in [0.15, 0.2) is 0 Å². The van der Waals surface area contributed by atoms with E-state index in [1.54, 1.807) is 14.1 Å². The molecule has 0 saturated heterocycles. The second-order valence-electron chi connectivity index (χ2n) is 4.10. The Morgan fingerprint density at radius 3 is 2.53 bits per heavy atom. The summed E-state index contributed by atoms with van der Waals surface area (Å²) in [5.41, 5.74) is 6.52. The number of nitrogens with two attached hydrogens (primary N) is 1. The van der Waals surface area contributed by atoms with Crippen LogP contribution < -0.4 is 15.8 Å². The number of amides is 1. The number of sulfonamides is 1. The first kappa shape index (κ1) is 15.3. The molecule has 0 aliphatic heterocycles. The Morgan fingerprint density at radius 1 is 1.37 bits per heavy atom. The quantitative estimate of drug-likeness (QED) is 0.643. The molecular weight excluding hydrogens is 268 g/mol. The SMILES string of the molecule is CNS(=O)(=O)c1ccc(N)c(NCC(=O)N(C)C)c1. The molecule has 0 bridgehead atoms. The highest BCUT2D eigenvalue weighted by Crippen LogP contribution is 2.22. The molecule has 0 saturated carbocycles. The van der Waals surface area contributed by atoms with Crippen molar-refractivity contribution in [2.24, 2.45) is 0 Å². The van der Waals surface area contributed by atoms with Gasteiger partial charge in [-0.2, -0.15) is 0 Å². The maximum absolute atomic E-state index is 11.7. The number of carbonyl (C=O) groups excluding carboxylic acids is 1. The highest BCUT2D eigenvalue weighted by Gasteiger charge is 2.13. The summed E-state index contributed by atoms with van der Waals surface area (Å²) in [4.78, 5) is 13.0. The van der Waals surface area contributed by atoms with E-state index in [1.165, 1.54) is 30.1 Å². The number of nitrogens with zero attached hydrogens (tertiary/aromatic N) is 1. The van der Waals surface area contributed by atoms with E-state index < -0.39 is 10.0 Å². The molecule has 1 aromatic rings. The summed E-state index contributed by atoms with van der Waals surface area (Å²) in [5, 5.41) is 2.82. The number of hydrogen-bond donors (Lipinski definition) is 3. The van der Waals surface area contributed by atoms with Crippen molar-refractivity contribution in [2.75, 3.05) is 38.7 Å². The molecule has 4 N–H and O–H groups in total. The Kier molecular flexibility index (Phi) is 4.73. The Labute approximate surface area is 112 Å². The topological polar surface area (TPSA) is 105 Å². The number of anilines is 2. The molecule has 8 heteroatoms. The van der Waals surface area contributed by atoms with Gasteiger partial charge in [-0.25, -0.2) is 13.1 Å². The molecule has 106 valence electrons. The van der Waals surface area contributed by atoms with E-state index in [-0.39, 0.29) is 17.3 Å². The van der Waals surface area contributed by atoms with Crippen LogP contribution in [-0.2, 0) is 14.8 Å². The molecule has 0 radical (unpaired) electrons. The molecule has 0 spiro atoms. The van der Waals surface area contributed by atoms with Gasteiger partial charge in [-0.3, -0.25) is 4.79 Å². The first-order valence-electron chi connectivity index (χ1n) is 5.55. The van der Waals surface area contributed by atoms with Crippen LogP contribution in [0.4, 0.5) is 11.4 Å². The van der Waals surface area contributed by atoms with Crippen LogP contribution in [0.25, 0.3) is 0 Å². The summed E-state index contributed by atoms with van der Waals surface area (Å²) < 4.78 is 25.5. The van der Waals surface area contributed by atoms with Crippen LogP contribution >= 0.6 is 0 Å². The lowest BCUT2D eigenvalue weighted by atomic mass is 10.2. The zero-order valence-electron chi connectivity index (χ0n) is 11.1. The van der Waals surface area contributed by atoms with Crippen molar-refractivity contribution in [3.63, 3.8) is 0 Å². The third kappa shape index (κ3) is 3.83. The van der Waals surface area contributed by atoms with Gasteiger partial charge < -0.3 is 16.0 Å². The van der Waals surface area contributed by atoms with Gasteiger partial charge in [0.1, 0.15) is 0 Å². The van der Waals surface area contributed by atoms with Gasteiger partial charge in [0.2, 0.25) is 15.9 Å². The van der Waals surface area contributed by atoms with Crippen molar-refractivity contribution in [1.29, 1.82) is 0 Å². The van der Waals surface area contributed by atoms with Crippen molar-refractivity contribution < 1.29 is 13.2 Å². The van der Waals surface area contributed by atoms with E-state index in [2.05, 4.69) is 10.0 Å². The molecule has 0 aromatic heterocycles. The van der Waals surface area contributed by atoms with Crippen LogP contribution in [0.1, 0.15) is 0 Å². The summed E-state index contributed by atoms with van der Waals surface area (Å²) in [7, 11) is 1.06. The Balaban J connectivity index is 2.96. The summed E-state index contributed by atoms with van der Waals surface area (Å²) in [6, 6.07) is 4.27. The minimum Gasteiger partial charge on any atom is -0.397 e. The maximum atomic E-state index is 11.7. The van der Waals surface area contributed by atoms with E-state index in [4.69, 9.17) is 5.73 Å². The van der Waals surface area contributed by atoms with Crippen LogP contribution in [0.15, 0.2) is 23.1 Å². The lowest BCUT2D eigenvalue weighted by Crippen LogP contribution is -2.28. The first-order chi connectivity index (χ1) is 8.77. The molecule has 0 aliphatic carbocycles. The molecule has 0 fully saturated rings. The van der Waals surface area contributed by atoms with Gasteiger partial charge >= 0.3 is 0 Å². The average Bonchev–Trinajstić information content (AvgIpc) is 2.36. The van der Waals surface area contributed by atoms with Crippen LogP contribution in [0, 0.1) is 0 Å². The van der Waals surface area contributed by atoms with Gasteiger partial charge in [-0.15, -0.1) is 0 Å². The molecule has 0 heterocycles. The largest absolute Gasteiger partial charge is 0.397 e. The molecule has 1 amide bonds. The van der Waals surface area contributed by atoms with Crippen LogP contribution in [-0.4, -0.2) is 46.9 Å². The first-order valence-corrected chi connectivity index (χ1v) is 7.03. The predicted octanol–water partition coefficient (Wildman–Crippen LogP) is -0.323. The molecule has 0 unspecified atom stereocenters. The number of benzene rings is 1. The van der Waals surface area contributed by atoms with E-state index in [0.29, 0.717) is 11.4 Å². The highest BCUT2D eigenvalue weighted by atomic mass is 32.2. The number of carbonyl (C=O) groups is 1. The summed E-state index contributed by atoms with van der Waals surface area (Å²) >= 11 is 0. The van der Waals surface area contributed by atoms with E-state index in [1.807, 2.05) is 0 Å². The summed E-state index contributed by atoms with van der Waals surface area (Å²) in [5.74, 6) is -0.138. The van der Waals surface area contributed by atoms with Crippen molar-refractivity contribution in [3.8, 4) is 0 Å². The lowest BCUT2D eigenvalue weighted by Gasteiger charge is -2.14. The highest BCUT2D eigenvalue weighted by molar-refractivity contribution is 7.89. The Bertz CT molecular complexity index is 569. The van der Waals surface area contributed by atoms with Crippen molar-refractivity contribution >= 4 is 27.3 Å². The molecule has 7 nitrogen and oxygen atoms in total. The standard InChI is InChI=1S/C11H18N4O3S/c1-13-19(17,18)8-4-5-9(12)10(6-8)14-7-11(16)15(2)3/h4-6,13-14H,7,12H2,1-3H3. The predicted molar refractivity (Wildman–Crippen MR) is 74.3 cm³/mol. The number of nitrogen functional groups attached to an aromatic ring is 1. The fourth-order valence-electron chi connectivity index (χ4n) is 1.30.